The molecule has 7 nitrogen and oxygen atoms in total. The van der Waals surface area contributed by atoms with Crippen molar-refractivity contribution in [1.82, 2.24) is 0 Å². The van der Waals surface area contributed by atoms with Gasteiger partial charge in [-0.15, -0.1) is 0 Å². The van der Waals surface area contributed by atoms with Crippen LogP contribution in [0.2, 0.25) is 0 Å². The number of carbonyl (C=O) groups is 2. The van der Waals surface area contributed by atoms with Crippen LogP contribution in [0.15, 0.2) is 36.4 Å². The van der Waals surface area contributed by atoms with E-state index < -0.39 is 0 Å². The van der Waals surface area contributed by atoms with Crippen LogP contribution in [-0.2, 0) is 11.2 Å². The van der Waals surface area contributed by atoms with Gasteiger partial charge in [0.2, 0.25) is 12.7 Å². The largest absolute Gasteiger partial charge is 0.454 e. The number of nitrogens with zero attached hydrogens (tertiary/aromatic N) is 1. The molecule has 0 saturated carbocycles. The molecule has 2 heterocycles. The van der Waals surface area contributed by atoms with E-state index in [2.05, 4.69) is 10.6 Å². The molecule has 2 aromatic rings. The maximum Gasteiger partial charge on any atom is 0.323 e. The summed E-state index contributed by atoms with van der Waals surface area (Å²) in [5.41, 5.74) is 3.02. The Hall–Kier alpha value is -3.22. The van der Waals surface area contributed by atoms with Crippen molar-refractivity contribution in [3.63, 3.8) is 0 Å². The number of nitrogens with one attached hydrogen (secondary N) is 2. The van der Waals surface area contributed by atoms with Crippen molar-refractivity contribution in [1.29, 1.82) is 0 Å². The first-order valence-electron chi connectivity index (χ1n) is 7.47. The summed E-state index contributed by atoms with van der Waals surface area (Å²) in [5, 5.41) is 5.51. The lowest BCUT2D eigenvalue weighted by Crippen LogP contribution is -2.20. The van der Waals surface area contributed by atoms with Gasteiger partial charge in [0.1, 0.15) is 0 Å². The monoisotopic (exact) mass is 325 g/mol. The van der Waals surface area contributed by atoms with E-state index in [1.165, 1.54) is 0 Å². The third-order valence-corrected chi connectivity index (χ3v) is 4.04. The summed E-state index contributed by atoms with van der Waals surface area (Å²) >= 11 is 0. The van der Waals surface area contributed by atoms with Crippen LogP contribution in [0.1, 0.15) is 5.56 Å². The van der Waals surface area contributed by atoms with Crippen molar-refractivity contribution >= 4 is 29.0 Å². The fourth-order valence-corrected chi connectivity index (χ4v) is 2.82. The SMILES string of the molecule is CN1C(=O)Cc2cc(NC(=O)Nc3ccc4c(c3)OCO4)ccc21. The number of urea groups is 1. The van der Waals surface area contributed by atoms with Gasteiger partial charge < -0.3 is 25.0 Å². The van der Waals surface area contributed by atoms with Crippen LogP contribution >= 0.6 is 0 Å². The predicted octanol–water partition coefficient (Wildman–Crippen LogP) is 2.58. The molecule has 122 valence electrons. The van der Waals surface area contributed by atoms with Gasteiger partial charge in [0, 0.05) is 30.2 Å². The first kappa shape index (κ1) is 14.4. The second kappa shape index (κ2) is 5.45. The summed E-state index contributed by atoms with van der Waals surface area (Å²) in [5.74, 6) is 1.31. The Balaban J connectivity index is 1.45. The van der Waals surface area contributed by atoms with Gasteiger partial charge in [-0.2, -0.15) is 0 Å². The quantitative estimate of drug-likeness (QED) is 0.889. The van der Waals surface area contributed by atoms with E-state index in [1.54, 1.807) is 36.2 Å². The maximum absolute atomic E-state index is 12.1. The van der Waals surface area contributed by atoms with Crippen LogP contribution in [0, 0.1) is 0 Å². The fraction of sp³-hybridized carbons (Fsp3) is 0.176. The lowest BCUT2D eigenvalue weighted by molar-refractivity contribution is -0.117. The van der Waals surface area contributed by atoms with Crippen molar-refractivity contribution in [3.05, 3.63) is 42.0 Å². The Labute approximate surface area is 138 Å². The van der Waals surface area contributed by atoms with Crippen molar-refractivity contribution < 1.29 is 19.1 Å². The summed E-state index contributed by atoms with van der Waals surface area (Å²) in [6, 6.07) is 10.2. The molecule has 0 aromatic heterocycles. The van der Waals surface area contributed by atoms with E-state index in [0.29, 0.717) is 29.3 Å². The third kappa shape index (κ3) is 2.50. The molecule has 0 radical (unpaired) electrons. The highest BCUT2D eigenvalue weighted by Gasteiger charge is 2.24. The van der Waals surface area contributed by atoms with Gasteiger partial charge in [-0.1, -0.05) is 0 Å². The predicted molar refractivity (Wildman–Crippen MR) is 88.8 cm³/mol. The van der Waals surface area contributed by atoms with E-state index in [1.807, 2.05) is 12.1 Å². The Bertz CT molecular complexity index is 850. The molecule has 24 heavy (non-hydrogen) atoms. The highest BCUT2D eigenvalue weighted by molar-refractivity contribution is 6.03. The molecule has 0 spiro atoms. The number of ether oxygens (including phenoxy) is 2. The van der Waals surface area contributed by atoms with E-state index in [0.717, 1.165) is 11.3 Å². The third-order valence-electron chi connectivity index (χ3n) is 4.04. The number of anilines is 3. The van der Waals surface area contributed by atoms with Crippen LogP contribution in [-0.4, -0.2) is 25.8 Å². The minimum atomic E-state index is -0.369. The second-order valence-corrected chi connectivity index (χ2v) is 5.62. The van der Waals surface area contributed by atoms with Crippen LogP contribution in [0.5, 0.6) is 11.5 Å². The molecule has 3 amide bonds. The number of rotatable bonds is 2. The first-order chi connectivity index (χ1) is 11.6. The zero-order valence-corrected chi connectivity index (χ0v) is 13.0. The van der Waals surface area contributed by atoms with Crippen molar-refractivity contribution in [3.8, 4) is 11.5 Å². The van der Waals surface area contributed by atoms with E-state index in [4.69, 9.17) is 9.47 Å². The minimum Gasteiger partial charge on any atom is -0.454 e. The van der Waals surface area contributed by atoms with E-state index in [9.17, 15) is 9.59 Å². The van der Waals surface area contributed by atoms with E-state index >= 15 is 0 Å². The van der Waals surface area contributed by atoms with Gasteiger partial charge >= 0.3 is 6.03 Å². The average Bonchev–Trinajstić information content (AvgIpc) is 3.12. The standard InChI is InChI=1S/C17H15N3O4/c1-20-13-4-2-11(6-10(13)7-16(20)21)18-17(22)19-12-3-5-14-15(8-12)24-9-23-14/h2-6,8H,7,9H2,1H3,(H2,18,19,22). The molecule has 7 heteroatoms. The van der Waals surface area contributed by atoms with E-state index in [-0.39, 0.29) is 18.7 Å². The zero-order chi connectivity index (χ0) is 16.7. The number of benzene rings is 2. The minimum absolute atomic E-state index is 0.0481. The Kier molecular flexibility index (Phi) is 3.26. The van der Waals surface area contributed by atoms with Crippen LogP contribution in [0.25, 0.3) is 0 Å². The molecule has 2 aromatic carbocycles. The van der Waals surface area contributed by atoms with Crippen LogP contribution < -0.4 is 25.0 Å². The second-order valence-electron chi connectivity index (χ2n) is 5.62. The zero-order valence-electron chi connectivity index (χ0n) is 13.0. The number of hydrogen-bond donors (Lipinski definition) is 2. The number of likely N-dealkylation sites (N-methyl/N-ethyl adjacent to an activating group) is 1. The molecule has 0 saturated heterocycles. The van der Waals surface area contributed by atoms with Gasteiger partial charge in [0.05, 0.1) is 6.42 Å². The molecular formula is C17H15N3O4. The Morgan fingerprint density at radius 3 is 2.58 bits per heavy atom. The van der Waals surface area contributed by atoms with Crippen LogP contribution in [0.4, 0.5) is 21.9 Å². The molecule has 0 bridgehead atoms. The van der Waals surface area contributed by atoms with Gasteiger partial charge in [0.25, 0.3) is 0 Å². The first-order valence-corrected chi connectivity index (χ1v) is 7.47. The van der Waals surface area contributed by atoms with Gasteiger partial charge in [-0.05, 0) is 35.9 Å². The molecule has 0 unspecified atom stereocenters. The highest BCUT2D eigenvalue weighted by Crippen LogP contribution is 2.34. The van der Waals surface area contributed by atoms with Gasteiger partial charge in [-0.25, -0.2) is 4.79 Å². The molecule has 0 aliphatic carbocycles. The molecule has 0 atom stereocenters. The molecule has 4 rings (SSSR count). The summed E-state index contributed by atoms with van der Waals surface area (Å²) in [4.78, 5) is 25.5. The molecule has 2 aliphatic heterocycles. The average molecular weight is 325 g/mol. The maximum atomic E-state index is 12.1. The molecule has 2 aliphatic rings. The number of carbonyl (C=O) groups excluding carboxylic acids is 2. The van der Waals surface area contributed by atoms with Crippen LogP contribution in [0.3, 0.4) is 0 Å². The summed E-state index contributed by atoms with van der Waals surface area (Å²) in [7, 11) is 1.74. The number of hydrogen-bond acceptors (Lipinski definition) is 4. The summed E-state index contributed by atoms with van der Waals surface area (Å²) in [6.07, 6.45) is 0.352. The van der Waals surface area contributed by atoms with Gasteiger partial charge in [-0.3, -0.25) is 4.79 Å². The highest BCUT2D eigenvalue weighted by atomic mass is 16.7. The molecular weight excluding hydrogens is 310 g/mol. The van der Waals surface area contributed by atoms with Crippen molar-refractivity contribution in [2.24, 2.45) is 0 Å². The topological polar surface area (TPSA) is 79.9 Å². The fourth-order valence-electron chi connectivity index (χ4n) is 2.82. The lowest BCUT2D eigenvalue weighted by Gasteiger charge is -2.12. The number of amides is 3. The lowest BCUT2D eigenvalue weighted by atomic mass is 10.1. The van der Waals surface area contributed by atoms with Crippen molar-refractivity contribution in [2.75, 3.05) is 29.4 Å². The smallest absolute Gasteiger partial charge is 0.323 e. The van der Waals surface area contributed by atoms with Gasteiger partial charge in [0.15, 0.2) is 11.5 Å². The summed E-state index contributed by atoms with van der Waals surface area (Å²) < 4.78 is 10.5. The Morgan fingerprint density at radius 2 is 1.75 bits per heavy atom. The number of fused-ring (bicyclic) bond motifs is 2. The Morgan fingerprint density at radius 1 is 1.04 bits per heavy atom. The molecule has 0 fully saturated rings. The molecule has 2 N–H and O–H groups in total. The summed E-state index contributed by atoms with van der Waals surface area (Å²) in [6.45, 7) is 0.188. The normalized spacial score (nSPS) is 14.5. The van der Waals surface area contributed by atoms with Crippen molar-refractivity contribution in [2.45, 2.75) is 6.42 Å².